The zero-order valence-corrected chi connectivity index (χ0v) is 14.1. The molecule has 1 fully saturated rings. The summed E-state index contributed by atoms with van der Waals surface area (Å²) in [4.78, 5) is 18.1. The van der Waals surface area contributed by atoms with Crippen molar-refractivity contribution in [2.75, 3.05) is 31.5 Å². The smallest absolute Gasteiger partial charge is 0.320 e. The maximum absolute atomic E-state index is 12.8. The highest BCUT2D eigenvalue weighted by Crippen LogP contribution is 2.16. The molecule has 1 aliphatic heterocycles. The van der Waals surface area contributed by atoms with Crippen molar-refractivity contribution in [2.24, 2.45) is 5.92 Å². The number of pyridine rings is 1. The summed E-state index contributed by atoms with van der Waals surface area (Å²) in [5.74, 6) is 0.380. The van der Waals surface area contributed by atoms with Crippen LogP contribution in [0.3, 0.4) is 0 Å². The molecule has 0 spiro atoms. The van der Waals surface area contributed by atoms with Gasteiger partial charge in [-0.1, -0.05) is 30.3 Å². The van der Waals surface area contributed by atoms with E-state index in [1.54, 1.807) is 0 Å². The Kier molecular flexibility index (Phi) is 5.95. The quantitative estimate of drug-likeness (QED) is 0.849. The van der Waals surface area contributed by atoms with Gasteiger partial charge >= 0.3 is 6.03 Å². The van der Waals surface area contributed by atoms with Crippen LogP contribution < -0.4 is 10.6 Å². The minimum Gasteiger partial charge on any atom is -0.338 e. The first-order chi connectivity index (χ1) is 12.2. The fraction of sp³-hybridized carbons (Fsp3) is 0.368. The Bertz CT molecular complexity index is 678. The Balaban J connectivity index is 1.35. The number of urea groups is 1. The monoisotopic (exact) mass is 342 g/mol. The zero-order valence-electron chi connectivity index (χ0n) is 14.1. The second kappa shape index (κ2) is 8.58. The van der Waals surface area contributed by atoms with Gasteiger partial charge in [0.25, 0.3) is 0 Å². The molecule has 0 bridgehead atoms. The molecule has 25 heavy (non-hydrogen) atoms. The number of benzene rings is 1. The molecule has 2 heterocycles. The van der Waals surface area contributed by atoms with E-state index in [-0.39, 0.29) is 6.03 Å². The van der Waals surface area contributed by atoms with Gasteiger partial charge < -0.3 is 10.2 Å². The average Bonchev–Trinajstić information content (AvgIpc) is 3.09. The van der Waals surface area contributed by atoms with Gasteiger partial charge in [0.1, 0.15) is 11.6 Å². The number of hydrogen-bond acceptors (Lipinski definition) is 3. The summed E-state index contributed by atoms with van der Waals surface area (Å²) in [6.07, 6.45) is 3.22. The molecular weight excluding hydrogens is 319 g/mol. The number of aromatic nitrogens is 1. The van der Waals surface area contributed by atoms with Crippen LogP contribution in [-0.2, 0) is 6.42 Å². The first kappa shape index (κ1) is 17.4. The lowest BCUT2D eigenvalue weighted by atomic mass is 10.1. The number of nitrogens with zero attached hydrogens (tertiary/aromatic N) is 2. The Morgan fingerprint density at radius 1 is 1.24 bits per heavy atom. The number of hydrogen-bond donors (Lipinski definition) is 2. The SMILES string of the molecule is O=C(NCC1CCN(CCc2ccccc2)C1)Nc1ccc(F)cn1. The largest absolute Gasteiger partial charge is 0.338 e. The summed E-state index contributed by atoms with van der Waals surface area (Å²) in [6, 6.07) is 12.9. The van der Waals surface area contributed by atoms with Crippen LogP contribution in [0.1, 0.15) is 12.0 Å². The highest BCUT2D eigenvalue weighted by Gasteiger charge is 2.22. The van der Waals surface area contributed by atoms with Crippen molar-refractivity contribution in [3.63, 3.8) is 0 Å². The van der Waals surface area contributed by atoms with E-state index >= 15 is 0 Å². The van der Waals surface area contributed by atoms with Crippen LogP contribution in [0.15, 0.2) is 48.7 Å². The molecule has 1 aromatic heterocycles. The van der Waals surface area contributed by atoms with Crippen molar-refractivity contribution in [1.82, 2.24) is 15.2 Å². The van der Waals surface area contributed by atoms with Crippen LogP contribution in [0.25, 0.3) is 0 Å². The Morgan fingerprint density at radius 2 is 2.08 bits per heavy atom. The molecule has 2 amide bonds. The van der Waals surface area contributed by atoms with E-state index in [1.807, 2.05) is 6.07 Å². The number of anilines is 1. The number of amides is 2. The van der Waals surface area contributed by atoms with E-state index in [0.29, 0.717) is 18.3 Å². The molecule has 0 saturated carbocycles. The Morgan fingerprint density at radius 3 is 2.84 bits per heavy atom. The molecule has 2 N–H and O–H groups in total. The summed E-state index contributed by atoms with van der Waals surface area (Å²) in [6.45, 7) is 3.75. The lowest BCUT2D eigenvalue weighted by Gasteiger charge is -2.16. The van der Waals surface area contributed by atoms with E-state index in [2.05, 4.69) is 44.8 Å². The Hall–Kier alpha value is -2.47. The summed E-state index contributed by atoms with van der Waals surface area (Å²) >= 11 is 0. The fourth-order valence-electron chi connectivity index (χ4n) is 3.06. The average molecular weight is 342 g/mol. The van der Waals surface area contributed by atoms with Gasteiger partial charge in [0.15, 0.2) is 0 Å². The van der Waals surface area contributed by atoms with Crippen molar-refractivity contribution >= 4 is 11.8 Å². The molecule has 3 rings (SSSR count). The van der Waals surface area contributed by atoms with Crippen molar-refractivity contribution in [1.29, 1.82) is 0 Å². The second-order valence-electron chi connectivity index (χ2n) is 6.39. The van der Waals surface area contributed by atoms with Gasteiger partial charge in [-0.15, -0.1) is 0 Å². The molecular formula is C19H23FN4O. The first-order valence-corrected chi connectivity index (χ1v) is 8.62. The molecule has 1 unspecified atom stereocenters. The van der Waals surface area contributed by atoms with Gasteiger partial charge in [0.05, 0.1) is 6.20 Å². The van der Waals surface area contributed by atoms with E-state index in [1.165, 1.54) is 17.7 Å². The second-order valence-corrected chi connectivity index (χ2v) is 6.39. The third-order valence-electron chi connectivity index (χ3n) is 4.45. The fourth-order valence-corrected chi connectivity index (χ4v) is 3.06. The standard InChI is InChI=1S/C19H23FN4O/c20-17-6-7-18(21-13-17)23-19(25)22-12-16-9-11-24(14-16)10-8-15-4-2-1-3-5-15/h1-7,13,16H,8-12,14H2,(H2,21,22,23,25). The highest BCUT2D eigenvalue weighted by atomic mass is 19.1. The van der Waals surface area contributed by atoms with Gasteiger partial charge in [-0.3, -0.25) is 5.32 Å². The maximum Gasteiger partial charge on any atom is 0.320 e. The number of carbonyl (C=O) groups is 1. The lowest BCUT2D eigenvalue weighted by molar-refractivity contribution is 0.249. The minimum absolute atomic E-state index is 0.304. The Labute approximate surface area is 147 Å². The van der Waals surface area contributed by atoms with Crippen molar-refractivity contribution < 1.29 is 9.18 Å². The molecule has 5 nitrogen and oxygen atoms in total. The lowest BCUT2D eigenvalue weighted by Crippen LogP contribution is -2.34. The molecule has 1 atom stereocenters. The molecule has 0 aliphatic carbocycles. The third-order valence-corrected chi connectivity index (χ3v) is 4.45. The van der Waals surface area contributed by atoms with Gasteiger partial charge in [0, 0.05) is 19.6 Å². The maximum atomic E-state index is 12.8. The molecule has 0 radical (unpaired) electrons. The number of nitrogens with one attached hydrogen (secondary N) is 2. The van der Waals surface area contributed by atoms with Crippen LogP contribution >= 0.6 is 0 Å². The predicted octanol–water partition coefficient (Wildman–Crippen LogP) is 2.91. The zero-order chi connectivity index (χ0) is 17.5. The van der Waals surface area contributed by atoms with Crippen molar-refractivity contribution in [2.45, 2.75) is 12.8 Å². The highest BCUT2D eigenvalue weighted by molar-refractivity contribution is 5.88. The van der Waals surface area contributed by atoms with Crippen LogP contribution in [0, 0.1) is 11.7 Å². The summed E-state index contributed by atoms with van der Waals surface area (Å²) in [5.41, 5.74) is 1.36. The van der Waals surface area contributed by atoms with E-state index < -0.39 is 5.82 Å². The van der Waals surface area contributed by atoms with Crippen LogP contribution in [0.2, 0.25) is 0 Å². The molecule has 132 valence electrons. The summed E-state index contributed by atoms with van der Waals surface area (Å²) < 4.78 is 12.8. The van der Waals surface area contributed by atoms with Gasteiger partial charge in [-0.25, -0.2) is 14.2 Å². The third kappa shape index (κ3) is 5.53. The van der Waals surface area contributed by atoms with E-state index in [9.17, 15) is 9.18 Å². The number of halogens is 1. The molecule has 2 aromatic rings. The molecule has 6 heteroatoms. The van der Waals surface area contributed by atoms with Crippen molar-refractivity contribution in [3.05, 3.63) is 60.0 Å². The predicted molar refractivity (Wildman–Crippen MR) is 95.9 cm³/mol. The van der Waals surface area contributed by atoms with Crippen molar-refractivity contribution in [3.8, 4) is 0 Å². The first-order valence-electron chi connectivity index (χ1n) is 8.62. The molecule has 1 saturated heterocycles. The number of rotatable bonds is 6. The summed E-state index contributed by atoms with van der Waals surface area (Å²) in [7, 11) is 0. The van der Waals surface area contributed by atoms with E-state index in [4.69, 9.17) is 0 Å². The minimum atomic E-state index is -0.424. The van der Waals surface area contributed by atoms with Gasteiger partial charge in [-0.2, -0.15) is 0 Å². The van der Waals surface area contributed by atoms with Crippen LogP contribution in [-0.4, -0.2) is 42.1 Å². The summed E-state index contributed by atoms with van der Waals surface area (Å²) in [5, 5.41) is 5.48. The molecule has 1 aromatic carbocycles. The van der Waals surface area contributed by atoms with Crippen LogP contribution in [0.5, 0.6) is 0 Å². The number of likely N-dealkylation sites (tertiary alicyclic amines) is 1. The molecule has 1 aliphatic rings. The van der Waals surface area contributed by atoms with Crippen LogP contribution in [0.4, 0.5) is 15.0 Å². The number of carbonyl (C=O) groups excluding carboxylic acids is 1. The van der Waals surface area contributed by atoms with E-state index in [0.717, 1.165) is 38.7 Å². The normalized spacial score (nSPS) is 17.4. The van der Waals surface area contributed by atoms with Gasteiger partial charge in [-0.05, 0) is 43.0 Å². The topological polar surface area (TPSA) is 57.3 Å². The van der Waals surface area contributed by atoms with Gasteiger partial charge in [0.2, 0.25) is 0 Å².